The highest BCUT2D eigenvalue weighted by atomic mass is 32.2. The molecule has 2 rings (SSSR count). The molecule has 1 atom stereocenters. The van der Waals surface area contributed by atoms with Crippen LogP contribution in [0.2, 0.25) is 0 Å². The second-order valence-electron chi connectivity index (χ2n) is 5.58. The highest BCUT2D eigenvalue weighted by molar-refractivity contribution is 7.98. The third-order valence-electron chi connectivity index (χ3n) is 3.48. The van der Waals surface area contributed by atoms with Crippen LogP contribution in [0.25, 0.3) is 0 Å². The lowest BCUT2D eigenvalue weighted by Gasteiger charge is -2.14. The van der Waals surface area contributed by atoms with E-state index in [-0.39, 0.29) is 6.04 Å². The number of aryl methyl sites for hydroxylation is 1. The Morgan fingerprint density at radius 3 is 2.81 bits per heavy atom. The molecule has 1 aromatic rings. The summed E-state index contributed by atoms with van der Waals surface area (Å²) < 4.78 is 27.9. The number of aromatic amines is 1. The number of aromatic nitrogens is 2. The summed E-state index contributed by atoms with van der Waals surface area (Å²) in [5.41, 5.74) is 1.16. The van der Waals surface area contributed by atoms with Gasteiger partial charge in [0.1, 0.15) is 4.90 Å². The van der Waals surface area contributed by atoms with E-state index in [0.717, 1.165) is 25.0 Å². The maximum absolute atomic E-state index is 12.6. The molecule has 0 radical (unpaired) electrons. The van der Waals surface area contributed by atoms with Crippen LogP contribution in [0.5, 0.6) is 0 Å². The Bertz CT molecular complexity index is 567. The lowest BCUT2D eigenvalue weighted by molar-refractivity contribution is 0.554. The normalized spacial score (nSPS) is 17.1. The third kappa shape index (κ3) is 4.70. The van der Waals surface area contributed by atoms with Crippen LogP contribution >= 0.6 is 11.8 Å². The predicted molar refractivity (Wildman–Crippen MR) is 86.0 cm³/mol. The zero-order valence-electron chi connectivity index (χ0n) is 12.8. The van der Waals surface area contributed by atoms with Crippen molar-refractivity contribution in [1.82, 2.24) is 20.2 Å². The highest BCUT2D eigenvalue weighted by Gasteiger charge is 2.27. The Balaban J connectivity index is 2.08. The molecule has 1 aromatic heterocycles. The molecule has 1 saturated carbocycles. The molecule has 0 spiro atoms. The van der Waals surface area contributed by atoms with Gasteiger partial charge in [-0.3, -0.25) is 5.10 Å². The average molecular weight is 332 g/mol. The van der Waals surface area contributed by atoms with Crippen molar-refractivity contribution in [3.63, 3.8) is 0 Å². The fourth-order valence-electron chi connectivity index (χ4n) is 2.15. The first kappa shape index (κ1) is 16.8. The summed E-state index contributed by atoms with van der Waals surface area (Å²) in [7, 11) is -3.53. The van der Waals surface area contributed by atoms with Crippen LogP contribution in [0.4, 0.5) is 0 Å². The number of nitrogens with one attached hydrogen (secondary N) is 3. The average Bonchev–Trinajstić information content (AvgIpc) is 3.16. The van der Waals surface area contributed by atoms with Crippen molar-refractivity contribution in [2.75, 3.05) is 12.0 Å². The Morgan fingerprint density at radius 2 is 2.19 bits per heavy atom. The predicted octanol–water partition coefficient (Wildman–Crippen LogP) is 1.39. The van der Waals surface area contributed by atoms with E-state index in [2.05, 4.69) is 20.2 Å². The molecule has 1 heterocycles. The number of thioether (sulfide) groups is 1. The zero-order valence-corrected chi connectivity index (χ0v) is 14.4. The van der Waals surface area contributed by atoms with Gasteiger partial charge in [0.2, 0.25) is 10.0 Å². The molecule has 0 bridgehead atoms. The number of rotatable bonds is 9. The Labute approximate surface area is 130 Å². The maximum Gasteiger partial charge on any atom is 0.244 e. The standard InChI is InChI=1S/C13H24N4O2S2/c1-9(6-7-20-3)17-21(18,19)13-10(2)15-16-12(13)8-14-11-4-5-11/h9,11,14,17H,4-8H2,1-3H3,(H,15,16). The molecular weight excluding hydrogens is 308 g/mol. The van der Waals surface area contributed by atoms with E-state index in [4.69, 9.17) is 0 Å². The van der Waals surface area contributed by atoms with Crippen LogP contribution in [0, 0.1) is 6.92 Å². The summed E-state index contributed by atoms with van der Waals surface area (Å²) in [6.45, 7) is 4.13. The minimum atomic E-state index is -3.53. The van der Waals surface area contributed by atoms with E-state index < -0.39 is 10.0 Å². The maximum atomic E-state index is 12.6. The molecule has 0 amide bonds. The molecule has 1 aliphatic rings. The number of nitrogens with zero attached hydrogens (tertiary/aromatic N) is 1. The molecule has 21 heavy (non-hydrogen) atoms. The van der Waals surface area contributed by atoms with Crippen LogP contribution in [0.3, 0.4) is 0 Å². The van der Waals surface area contributed by atoms with Gasteiger partial charge in [-0.15, -0.1) is 0 Å². The minimum Gasteiger partial charge on any atom is -0.308 e. The van der Waals surface area contributed by atoms with Gasteiger partial charge >= 0.3 is 0 Å². The molecule has 6 nitrogen and oxygen atoms in total. The van der Waals surface area contributed by atoms with Crippen LogP contribution in [0.15, 0.2) is 4.90 Å². The summed E-state index contributed by atoms with van der Waals surface area (Å²) >= 11 is 1.71. The van der Waals surface area contributed by atoms with Gasteiger partial charge in [-0.25, -0.2) is 13.1 Å². The van der Waals surface area contributed by atoms with Crippen molar-refractivity contribution in [2.24, 2.45) is 0 Å². The van der Waals surface area contributed by atoms with Gasteiger partial charge in [-0.1, -0.05) is 0 Å². The first-order valence-corrected chi connectivity index (χ1v) is 10.1. The molecule has 0 aromatic carbocycles. The van der Waals surface area contributed by atoms with E-state index in [1.807, 2.05) is 13.2 Å². The van der Waals surface area contributed by atoms with Crippen molar-refractivity contribution in [2.45, 2.75) is 56.6 Å². The van der Waals surface area contributed by atoms with E-state index >= 15 is 0 Å². The number of sulfonamides is 1. The van der Waals surface area contributed by atoms with Gasteiger partial charge in [-0.2, -0.15) is 16.9 Å². The van der Waals surface area contributed by atoms with Crippen molar-refractivity contribution in [3.05, 3.63) is 11.4 Å². The molecular formula is C13H24N4O2S2. The largest absolute Gasteiger partial charge is 0.308 e. The number of hydrogen-bond acceptors (Lipinski definition) is 5. The van der Waals surface area contributed by atoms with Gasteiger partial charge in [0.05, 0.1) is 11.4 Å². The lowest BCUT2D eigenvalue weighted by Crippen LogP contribution is -2.34. The second-order valence-corrected chi connectivity index (χ2v) is 8.22. The monoisotopic (exact) mass is 332 g/mol. The van der Waals surface area contributed by atoms with E-state index in [9.17, 15) is 8.42 Å². The molecule has 0 saturated heterocycles. The fourth-order valence-corrected chi connectivity index (χ4v) is 4.38. The summed E-state index contributed by atoms with van der Waals surface area (Å²) in [6.07, 6.45) is 5.15. The van der Waals surface area contributed by atoms with Crippen molar-refractivity contribution in [3.8, 4) is 0 Å². The molecule has 1 fully saturated rings. The topological polar surface area (TPSA) is 86.9 Å². The Kier molecular flexibility index (Phi) is 5.70. The highest BCUT2D eigenvalue weighted by Crippen LogP contribution is 2.22. The summed E-state index contributed by atoms with van der Waals surface area (Å²) in [6, 6.07) is 0.437. The van der Waals surface area contributed by atoms with E-state index in [1.165, 1.54) is 0 Å². The van der Waals surface area contributed by atoms with Crippen LogP contribution in [0.1, 0.15) is 37.6 Å². The zero-order chi connectivity index (χ0) is 15.5. The first-order valence-electron chi connectivity index (χ1n) is 7.22. The molecule has 1 aliphatic carbocycles. The third-order valence-corrected chi connectivity index (χ3v) is 5.91. The van der Waals surface area contributed by atoms with Crippen LogP contribution in [-0.4, -0.2) is 42.7 Å². The van der Waals surface area contributed by atoms with Crippen molar-refractivity contribution >= 4 is 21.8 Å². The lowest BCUT2D eigenvalue weighted by atomic mass is 10.3. The minimum absolute atomic E-state index is 0.0824. The molecule has 120 valence electrons. The van der Waals surface area contributed by atoms with E-state index in [0.29, 0.717) is 28.9 Å². The van der Waals surface area contributed by atoms with Gasteiger partial charge in [-0.05, 0) is 45.1 Å². The van der Waals surface area contributed by atoms with E-state index in [1.54, 1.807) is 18.7 Å². The quantitative estimate of drug-likeness (QED) is 0.636. The van der Waals surface area contributed by atoms with Crippen LogP contribution < -0.4 is 10.0 Å². The summed E-state index contributed by atoms with van der Waals surface area (Å²) in [5.74, 6) is 0.935. The summed E-state index contributed by atoms with van der Waals surface area (Å²) in [4.78, 5) is 0.298. The first-order chi connectivity index (χ1) is 9.94. The molecule has 0 aliphatic heterocycles. The van der Waals surface area contributed by atoms with Gasteiger partial charge in [0, 0.05) is 18.6 Å². The second kappa shape index (κ2) is 7.13. The SMILES string of the molecule is CSCCC(C)NS(=O)(=O)c1c(CNC2CC2)n[nH]c1C. The van der Waals surface area contributed by atoms with Gasteiger partial charge in [0.15, 0.2) is 0 Å². The molecule has 1 unspecified atom stereocenters. The molecule has 3 N–H and O–H groups in total. The smallest absolute Gasteiger partial charge is 0.244 e. The number of H-pyrrole nitrogens is 1. The summed E-state index contributed by atoms with van der Waals surface area (Å²) in [5, 5.41) is 10.2. The van der Waals surface area contributed by atoms with Crippen molar-refractivity contribution < 1.29 is 8.42 Å². The Hall–Kier alpha value is -0.570. The van der Waals surface area contributed by atoms with Gasteiger partial charge in [0.25, 0.3) is 0 Å². The van der Waals surface area contributed by atoms with Crippen LogP contribution in [-0.2, 0) is 16.6 Å². The molecule has 8 heteroatoms. The number of hydrogen-bond donors (Lipinski definition) is 3. The van der Waals surface area contributed by atoms with Crippen molar-refractivity contribution in [1.29, 1.82) is 0 Å². The Morgan fingerprint density at radius 1 is 1.48 bits per heavy atom. The fraction of sp³-hybridized carbons (Fsp3) is 0.769. The van der Waals surface area contributed by atoms with Gasteiger partial charge < -0.3 is 5.32 Å².